The molecule has 2 heterocycles. The summed E-state index contributed by atoms with van der Waals surface area (Å²) in [6.45, 7) is 5.21. The molecular formula is C31H28N2O7. The molecule has 5 rings (SSSR count). The van der Waals surface area contributed by atoms with Gasteiger partial charge >= 0.3 is 12.1 Å². The van der Waals surface area contributed by atoms with Crippen LogP contribution >= 0.6 is 0 Å². The zero-order valence-electron chi connectivity index (χ0n) is 22.2. The average Bonchev–Trinajstić information content (AvgIpc) is 3.32. The van der Waals surface area contributed by atoms with Crippen molar-refractivity contribution in [2.75, 3.05) is 0 Å². The number of hydrogen-bond donors (Lipinski definition) is 1. The molecule has 1 aromatic heterocycles. The van der Waals surface area contributed by atoms with Crippen molar-refractivity contribution in [3.05, 3.63) is 94.8 Å². The lowest BCUT2D eigenvalue weighted by Crippen LogP contribution is -2.46. The van der Waals surface area contributed by atoms with Crippen molar-refractivity contribution in [3.8, 4) is 17.2 Å². The molecular weight excluding hydrogens is 512 g/mol. The lowest BCUT2D eigenvalue weighted by molar-refractivity contribution is -0.137. The third-order valence-electron chi connectivity index (χ3n) is 6.10. The summed E-state index contributed by atoms with van der Waals surface area (Å²) in [6, 6.07) is 19.9. The van der Waals surface area contributed by atoms with Gasteiger partial charge in [-0.3, -0.25) is 9.79 Å². The van der Waals surface area contributed by atoms with Crippen LogP contribution in [0.25, 0.3) is 11.0 Å². The smallest absolute Gasteiger partial charge is 0.408 e. The van der Waals surface area contributed by atoms with E-state index in [4.69, 9.17) is 18.6 Å². The fraction of sp³-hybridized carbons (Fsp3) is 0.226. The SMILES string of the molecule is CC(C)(C)OC(=O)N[C@@H](C[C@@H]1C=Nc2ccccc21)C(=O)Oc1ccc2c(=O)c(Oc3ccccc3)coc2c1. The van der Waals surface area contributed by atoms with Crippen molar-refractivity contribution in [2.24, 2.45) is 4.99 Å². The molecule has 0 unspecified atom stereocenters. The lowest BCUT2D eigenvalue weighted by atomic mass is 9.94. The van der Waals surface area contributed by atoms with Gasteiger partial charge in [-0.05, 0) is 63.1 Å². The molecule has 0 bridgehead atoms. The predicted octanol–water partition coefficient (Wildman–Crippen LogP) is 6.27. The highest BCUT2D eigenvalue weighted by atomic mass is 16.6. The number of fused-ring (bicyclic) bond motifs is 2. The summed E-state index contributed by atoms with van der Waals surface area (Å²) < 4.78 is 22.3. The number of esters is 1. The van der Waals surface area contributed by atoms with Crippen molar-refractivity contribution in [3.63, 3.8) is 0 Å². The first kappa shape index (κ1) is 26.7. The van der Waals surface area contributed by atoms with Crippen LogP contribution < -0.4 is 20.2 Å². The number of nitrogens with one attached hydrogen (secondary N) is 1. The van der Waals surface area contributed by atoms with E-state index in [1.165, 1.54) is 24.5 Å². The van der Waals surface area contributed by atoms with Crippen LogP contribution in [0.2, 0.25) is 0 Å². The Labute approximate surface area is 230 Å². The fourth-order valence-corrected chi connectivity index (χ4v) is 4.30. The van der Waals surface area contributed by atoms with Gasteiger partial charge < -0.3 is 23.9 Å². The summed E-state index contributed by atoms with van der Waals surface area (Å²) in [5.74, 6) is -0.230. The van der Waals surface area contributed by atoms with E-state index < -0.39 is 23.7 Å². The summed E-state index contributed by atoms with van der Waals surface area (Å²) in [7, 11) is 0. The molecule has 0 fully saturated rings. The van der Waals surface area contributed by atoms with E-state index in [2.05, 4.69) is 10.3 Å². The highest BCUT2D eigenvalue weighted by Crippen LogP contribution is 2.34. The van der Waals surface area contributed by atoms with Crippen molar-refractivity contribution in [1.82, 2.24) is 5.32 Å². The number of alkyl carbamates (subject to hydrolysis) is 1. The molecule has 0 saturated carbocycles. The Bertz CT molecular complexity index is 1640. The van der Waals surface area contributed by atoms with Crippen molar-refractivity contribution < 1.29 is 28.2 Å². The van der Waals surface area contributed by atoms with Crippen LogP contribution in [-0.4, -0.2) is 29.9 Å². The Morgan fingerprint density at radius 3 is 2.52 bits per heavy atom. The van der Waals surface area contributed by atoms with Gasteiger partial charge in [0.05, 0.1) is 11.1 Å². The Kier molecular flexibility index (Phi) is 7.37. The molecule has 3 aromatic carbocycles. The number of ether oxygens (including phenoxy) is 3. The second kappa shape index (κ2) is 11.1. The van der Waals surface area contributed by atoms with Gasteiger partial charge in [0.1, 0.15) is 35.0 Å². The summed E-state index contributed by atoms with van der Waals surface area (Å²) in [4.78, 5) is 43.3. The number of hydrogen-bond acceptors (Lipinski definition) is 8. The van der Waals surface area contributed by atoms with Gasteiger partial charge in [0.25, 0.3) is 0 Å². The summed E-state index contributed by atoms with van der Waals surface area (Å²) in [5, 5.41) is 2.90. The molecule has 9 nitrogen and oxygen atoms in total. The maximum atomic E-state index is 13.3. The van der Waals surface area contributed by atoms with Gasteiger partial charge in [-0.1, -0.05) is 36.4 Å². The first-order valence-corrected chi connectivity index (χ1v) is 12.8. The topological polar surface area (TPSA) is 116 Å². The van der Waals surface area contributed by atoms with E-state index in [0.717, 1.165) is 11.3 Å². The molecule has 1 aliphatic heterocycles. The number of benzene rings is 3. The standard InChI is InChI=1S/C31H28N2O7/c1-31(2,3)40-30(36)33-25(15-19-17-32-24-12-8-7-11-22(19)24)29(35)39-21-13-14-23-26(16-21)37-18-27(28(23)34)38-20-9-5-4-6-10-20/h4-14,16-19,25H,15H2,1-3H3,(H,33,36)/t19-,25+/m1/s1. The quantitative estimate of drug-likeness (QED) is 0.217. The number of carbonyl (C=O) groups excluding carboxylic acids is 2. The first-order valence-electron chi connectivity index (χ1n) is 12.8. The fourth-order valence-electron chi connectivity index (χ4n) is 4.30. The van der Waals surface area contributed by atoms with E-state index in [9.17, 15) is 14.4 Å². The third-order valence-corrected chi connectivity index (χ3v) is 6.10. The first-order chi connectivity index (χ1) is 19.2. The minimum atomic E-state index is -1.04. The van der Waals surface area contributed by atoms with Gasteiger partial charge in [0, 0.05) is 18.2 Å². The van der Waals surface area contributed by atoms with Gasteiger partial charge in [0.2, 0.25) is 11.2 Å². The number of rotatable bonds is 7. The number of para-hydroxylation sites is 2. The van der Waals surface area contributed by atoms with Crippen LogP contribution in [-0.2, 0) is 9.53 Å². The normalized spacial score (nSPS) is 14.8. The van der Waals surface area contributed by atoms with Crippen LogP contribution in [0.15, 0.2) is 93.3 Å². The molecule has 9 heteroatoms. The predicted molar refractivity (Wildman–Crippen MR) is 150 cm³/mol. The molecule has 1 amide bonds. The lowest BCUT2D eigenvalue weighted by Gasteiger charge is -2.24. The van der Waals surface area contributed by atoms with Crippen LogP contribution in [0.5, 0.6) is 17.2 Å². The zero-order valence-corrected chi connectivity index (χ0v) is 22.2. The average molecular weight is 541 g/mol. The largest absolute Gasteiger partial charge is 0.460 e. The summed E-state index contributed by atoms with van der Waals surface area (Å²) in [6.07, 6.45) is 2.43. The third kappa shape index (κ3) is 6.20. The molecule has 0 saturated heterocycles. The van der Waals surface area contributed by atoms with Crippen molar-refractivity contribution >= 4 is 34.9 Å². The highest BCUT2D eigenvalue weighted by Gasteiger charge is 2.31. The molecule has 0 aliphatic carbocycles. The molecule has 2 atom stereocenters. The number of nitrogens with zero attached hydrogens (tertiary/aromatic N) is 1. The molecule has 1 N–H and O–H groups in total. The maximum Gasteiger partial charge on any atom is 0.408 e. The Balaban J connectivity index is 1.35. The number of carbonyl (C=O) groups is 2. The van der Waals surface area contributed by atoms with Gasteiger partial charge in [-0.15, -0.1) is 0 Å². The Morgan fingerprint density at radius 1 is 1.00 bits per heavy atom. The monoisotopic (exact) mass is 540 g/mol. The molecule has 4 aromatic rings. The van der Waals surface area contributed by atoms with E-state index in [-0.39, 0.29) is 40.2 Å². The second-order valence-corrected chi connectivity index (χ2v) is 10.3. The van der Waals surface area contributed by atoms with E-state index >= 15 is 0 Å². The second-order valence-electron chi connectivity index (χ2n) is 10.3. The van der Waals surface area contributed by atoms with Crippen molar-refractivity contribution in [1.29, 1.82) is 0 Å². The minimum absolute atomic E-state index is 0.0311. The number of aliphatic imine (C=N–C) groups is 1. The van der Waals surface area contributed by atoms with E-state index in [1.807, 2.05) is 30.3 Å². The Hall–Kier alpha value is -4.92. The highest BCUT2D eigenvalue weighted by molar-refractivity contribution is 5.87. The Morgan fingerprint density at radius 2 is 1.75 bits per heavy atom. The van der Waals surface area contributed by atoms with Crippen LogP contribution in [0.4, 0.5) is 10.5 Å². The van der Waals surface area contributed by atoms with Crippen LogP contribution in [0, 0.1) is 0 Å². The number of amides is 1. The molecule has 40 heavy (non-hydrogen) atoms. The molecule has 204 valence electrons. The summed E-state index contributed by atoms with van der Waals surface area (Å²) in [5.41, 5.74) is 0.860. The molecule has 1 aliphatic rings. The molecule has 0 radical (unpaired) electrons. The van der Waals surface area contributed by atoms with E-state index in [0.29, 0.717) is 5.75 Å². The van der Waals surface area contributed by atoms with Gasteiger partial charge in [-0.2, -0.15) is 0 Å². The maximum absolute atomic E-state index is 13.3. The zero-order chi connectivity index (χ0) is 28.3. The summed E-state index contributed by atoms with van der Waals surface area (Å²) >= 11 is 0. The van der Waals surface area contributed by atoms with Crippen LogP contribution in [0.3, 0.4) is 0 Å². The van der Waals surface area contributed by atoms with Crippen LogP contribution in [0.1, 0.15) is 38.7 Å². The van der Waals surface area contributed by atoms with E-state index in [1.54, 1.807) is 51.3 Å². The van der Waals surface area contributed by atoms with Gasteiger partial charge in [0.15, 0.2) is 0 Å². The van der Waals surface area contributed by atoms with Gasteiger partial charge in [-0.25, -0.2) is 9.59 Å². The minimum Gasteiger partial charge on any atom is -0.460 e. The molecule has 0 spiro atoms. The van der Waals surface area contributed by atoms with Crippen molar-refractivity contribution in [2.45, 2.75) is 44.8 Å².